The minimum Gasteiger partial charge on any atom is -0.283 e. The highest BCUT2D eigenvalue weighted by Gasteiger charge is 2.34. The van der Waals surface area contributed by atoms with Crippen LogP contribution in [0.4, 0.5) is 11.6 Å². The molecule has 0 saturated heterocycles. The van der Waals surface area contributed by atoms with Gasteiger partial charge in [0.05, 0.1) is 28.1 Å². The fourth-order valence-electron chi connectivity index (χ4n) is 8.44. The van der Waals surface area contributed by atoms with Crippen LogP contribution in [0.5, 0.6) is 0 Å². The van der Waals surface area contributed by atoms with E-state index < -0.39 is 0 Å². The largest absolute Gasteiger partial charge is 0.283 e. The Hall–Kier alpha value is -6.33. The Labute approximate surface area is 323 Å². The van der Waals surface area contributed by atoms with E-state index in [1.54, 1.807) is 0 Å². The zero-order valence-corrected chi connectivity index (χ0v) is 32.2. The lowest BCUT2D eigenvalue weighted by Gasteiger charge is -2.32. The minimum absolute atomic E-state index is 0.254. The van der Waals surface area contributed by atoms with Crippen LogP contribution in [0.1, 0.15) is 63.8 Å². The fraction of sp³-hybridized carbons (Fsp3) is 0.180. The molecule has 0 saturated carbocycles. The topological polar surface area (TPSA) is 46.8 Å². The number of hydrogen-bond acceptors (Lipinski definition) is 4. The van der Waals surface area contributed by atoms with Crippen molar-refractivity contribution >= 4 is 44.6 Å². The summed E-state index contributed by atoms with van der Waals surface area (Å²) < 4.78 is 2.36. The van der Waals surface area contributed by atoms with Gasteiger partial charge in [-0.1, -0.05) is 130 Å². The Bertz CT molecular complexity index is 2740. The molecule has 0 N–H and O–H groups in total. The lowest BCUT2D eigenvalue weighted by atomic mass is 9.87. The summed E-state index contributed by atoms with van der Waals surface area (Å²) in [6, 6.07) is 41.1. The number of rotatable bonds is 4. The number of anilines is 2. The molecule has 3 heterocycles. The monoisotopic (exact) mass is 715 g/mol. The van der Waals surface area contributed by atoms with Gasteiger partial charge in [-0.25, -0.2) is 15.0 Å². The summed E-state index contributed by atoms with van der Waals surface area (Å²) in [7, 11) is 0. The highest BCUT2D eigenvalue weighted by atomic mass is 15.3. The van der Waals surface area contributed by atoms with Gasteiger partial charge in [0.2, 0.25) is 5.95 Å². The molecule has 1 aliphatic heterocycles. The number of aromatic nitrogens is 4. The van der Waals surface area contributed by atoms with Gasteiger partial charge in [-0.3, -0.25) is 9.47 Å². The van der Waals surface area contributed by atoms with Crippen LogP contribution in [-0.2, 0) is 0 Å². The molecular weight excluding hydrogens is 671 g/mol. The lowest BCUT2D eigenvalue weighted by molar-refractivity contribution is 0.671. The Morgan fingerprint density at radius 3 is 2.18 bits per heavy atom. The molecule has 3 aliphatic rings. The molecule has 7 aromatic rings. The molecule has 0 amide bonds. The van der Waals surface area contributed by atoms with Gasteiger partial charge >= 0.3 is 0 Å². The zero-order chi connectivity index (χ0) is 37.6. The van der Waals surface area contributed by atoms with Gasteiger partial charge in [0.1, 0.15) is 0 Å². The second kappa shape index (κ2) is 14.1. The molecule has 5 nitrogen and oxygen atoms in total. The number of allylic oxidation sites excluding steroid dienone is 8. The highest BCUT2D eigenvalue weighted by molar-refractivity contribution is 5.99. The van der Waals surface area contributed by atoms with E-state index in [1.807, 2.05) is 13.8 Å². The van der Waals surface area contributed by atoms with Crippen molar-refractivity contribution in [3.63, 3.8) is 0 Å². The van der Waals surface area contributed by atoms with Crippen LogP contribution in [0.15, 0.2) is 151 Å². The molecule has 0 spiro atoms. The fourth-order valence-corrected chi connectivity index (χ4v) is 8.44. The molecule has 10 rings (SSSR count). The Kier molecular flexibility index (Phi) is 8.86. The van der Waals surface area contributed by atoms with Crippen LogP contribution < -0.4 is 4.90 Å². The minimum atomic E-state index is 0.254. The highest BCUT2D eigenvalue weighted by Crippen LogP contribution is 2.48. The van der Waals surface area contributed by atoms with Gasteiger partial charge in [-0.15, -0.1) is 0 Å². The summed E-state index contributed by atoms with van der Waals surface area (Å²) in [4.78, 5) is 18.5. The van der Waals surface area contributed by atoms with Gasteiger partial charge < -0.3 is 0 Å². The number of imidazole rings is 1. The van der Waals surface area contributed by atoms with Crippen molar-refractivity contribution in [3.05, 3.63) is 168 Å². The maximum Gasteiger partial charge on any atom is 0.220 e. The standard InChI is InChI=1S/C48H39N5.C2H6/c1-30-15-7-10-23-38(30)45-32(3)44(33-17-5-4-6-18-33)50-47(51-45)36-21-14-22-37(27-36)52-46-31(2)16-13-24-39(46)40-28-34-19-8-9-20-35(34)29-43(40)53-42-26-12-11-25-41(42)49-48(52)53;1-2/h4-6,8-14,17-29,31H,7,15-16H2,1-3H3;1-2H3. The number of para-hydroxylation sites is 2. The number of nitrogens with zero attached hydrogens (tertiary/aromatic N) is 5. The van der Waals surface area contributed by atoms with Gasteiger partial charge in [-0.2, -0.15) is 0 Å². The van der Waals surface area contributed by atoms with Gasteiger partial charge in [0, 0.05) is 45.1 Å². The van der Waals surface area contributed by atoms with Crippen molar-refractivity contribution in [1.82, 2.24) is 19.5 Å². The number of hydrogen-bond donors (Lipinski definition) is 0. The molecule has 5 heteroatoms. The van der Waals surface area contributed by atoms with E-state index in [0.29, 0.717) is 5.82 Å². The second-order valence-corrected chi connectivity index (χ2v) is 14.5. The van der Waals surface area contributed by atoms with Crippen molar-refractivity contribution in [2.75, 3.05) is 4.90 Å². The molecular formula is C50H45N5. The van der Waals surface area contributed by atoms with Crippen LogP contribution in [0.25, 0.3) is 61.3 Å². The Morgan fingerprint density at radius 1 is 0.655 bits per heavy atom. The van der Waals surface area contributed by atoms with E-state index in [1.165, 1.54) is 38.8 Å². The molecule has 1 atom stereocenters. The predicted molar refractivity (Wildman–Crippen MR) is 231 cm³/mol. The molecule has 0 bridgehead atoms. The van der Waals surface area contributed by atoms with E-state index in [9.17, 15) is 0 Å². The van der Waals surface area contributed by atoms with Crippen LogP contribution >= 0.6 is 0 Å². The van der Waals surface area contributed by atoms with E-state index in [2.05, 4.69) is 170 Å². The first-order chi connectivity index (χ1) is 27.0. The SMILES string of the molecule is CC.CC1=C(c2nc(-c3cccc(N4C5=C(C=CCC5C)c5cc6ccccc6cc5-n5c4nc4ccccc45)c3)nc(-c3ccccc3)c2C)C=CCC1. The summed E-state index contributed by atoms with van der Waals surface area (Å²) >= 11 is 0. The van der Waals surface area contributed by atoms with E-state index in [0.717, 1.165) is 75.7 Å². The van der Waals surface area contributed by atoms with Gasteiger partial charge in [0.25, 0.3) is 0 Å². The summed E-state index contributed by atoms with van der Waals surface area (Å²) in [6.07, 6.45) is 12.2. The first kappa shape index (κ1) is 34.4. The smallest absolute Gasteiger partial charge is 0.220 e. The molecule has 5 aromatic carbocycles. The van der Waals surface area contributed by atoms with Crippen molar-refractivity contribution in [3.8, 4) is 28.3 Å². The quantitative estimate of drug-likeness (QED) is 0.182. The van der Waals surface area contributed by atoms with Gasteiger partial charge in [0.15, 0.2) is 5.82 Å². The van der Waals surface area contributed by atoms with Crippen molar-refractivity contribution in [2.45, 2.75) is 53.9 Å². The maximum atomic E-state index is 5.41. The average molecular weight is 716 g/mol. The van der Waals surface area contributed by atoms with Gasteiger partial charge in [-0.05, 0) is 85.9 Å². The Balaban J connectivity index is 0.00000195. The normalized spacial score (nSPS) is 16.1. The van der Waals surface area contributed by atoms with Crippen molar-refractivity contribution in [2.24, 2.45) is 5.92 Å². The van der Waals surface area contributed by atoms with E-state index >= 15 is 0 Å². The lowest BCUT2D eigenvalue weighted by Crippen LogP contribution is -2.25. The zero-order valence-electron chi connectivity index (χ0n) is 32.2. The van der Waals surface area contributed by atoms with Crippen molar-refractivity contribution < 1.29 is 0 Å². The molecule has 0 radical (unpaired) electrons. The molecule has 2 aliphatic carbocycles. The van der Waals surface area contributed by atoms with Crippen LogP contribution in [0, 0.1) is 12.8 Å². The third-order valence-corrected chi connectivity index (χ3v) is 11.1. The molecule has 2 aromatic heterocycles. The van der Waals surface area contributed by atoms with Crippen LogP contribution in [-0.4, -0.2) is 19.5 Å². The molecule has 55 heavy (non-hydrogen) atoms. The summed E-state index contributed by atoms with van der Waals surface area (Å²) in [5, 5.41) is 2.44. The third-order valence-electron chi connectivity index (χ3n) is 11.1. The van der Waals surface area contributed by atoms with Crippen LogP contribution in [0.2, 0.25) is 0 Å². The molecule has 1 unspecified atom stereocenters. The number of fused-ring (bicyclic) bond motifs is 7. The molecule has 270 valence electrons. The second-order valence-electron chi connectivity index (χ2n) is 14.5. The van der Waals surface area contributed by atoms with Crippen molar-refractivity contribution in [1.29, 1.82) is 0 Å². The third kappa shape index (κ3) is 5.82. The maximum absolute atomic E-state index is 5.41. The first-order valence-corrected chi connectivity index (χ1v) is 19.7. The van der Waals surface area contributed by atoms with E-state index in [4.69, 9.17) is 15.0 Å². The summed E-state index contributed by atoms with van der Waals surface area (Å²) in [5.74, 6) is 1.86. The average Bonchev–Trinajstić information content (AvgIpc) is 3.56. The Morgan fingerprint density at radius 2 is 1.36 bits per heavy atom. The first-order valence-electron chi connectivity index (χ1n) is 19.7. The molecule has 0 fully saturated rings. The summed E-state index contributed by atoms with van der Waals surface area (Å²) in [6.45, 7) is 10.7. The van der Waals surface area contributed by atoms with Crippen LogP contribution in [0.3, 0.4) is 0 Å². The number of benzene rings is 5. The summed E-state index contributed by atoms with van der Waals surface area (Å²) in [5.41, 5.74) is 15.6. The van der Waals surface area contributed by atoms with E-state index in [-0.39, 0.29) is 5.92 Å². The predicted octanol–water partition coefficient (Wildman–Crippen LogP) is 13.2.